The largest absolute Gasteiger partial charge is 0.322 e. The number of carbonyl (C=O) groups is 1. The van der Waals surface area contributed by atoms with Crippen LogP contribution in [0, 0.1) is 11.6 Å². The Morgan fingerprint density at radius 2 is 1.77 bits per heavy atom. The normalized spacial score (nSPS) is 10.8. The molecule has 1 amide bonds. The molecule has 6 nitrogen and oxygen atoms in total. The number of benzene rings is 3. The number of hydrogen-bond donors (Lipinski definition) is 1. The van der Waals surface area contributed by atoms with Gasteiger partial charge in [-0.25, -0.2) is 8.78 Å². The van der Waals surface area contributed by atoms with Crippen molar-refractivity contribution < 1.29 is 13.6 Å². The van der Waals surface area contributed by atoms with E-state index in [9.17, 15) is 13.6 Å². The summed E-state index contributed by atoms with van der Waals surface area (Å²) in [6.07, 6.45) is 0. The van der Waals surface area contributed by atoms with Crippen molar-refractivity contribution in [1.82, 2.24) is 20.2 Å². The molecule has 0 saturated heterocycles. The van der Waals surface area contributed by atoms with Gasteiger partial charge in [-0.15, -0.1) is 5.10 Å². The lowest BCUT2D eigenvalue weighted by Gasteiger charge is -2.08. The monoisotopic (exact) mass is 457 g/mol. The van der Waals surface area contributed by atoms with Crippen LogP contribution in [0.5, 0.6) is 0 Å². The smallest absolute Gasteiger partial charge is 0.255 e. The van der Waals surface area contributed by atoms with Crippen molar-refractivity contribution in [2.45, 2.75) is 10.9 Å². The summed E-state index contributed by atoms with van der Waals surface area (Å²) in [5.74, 6) is -0.637. The van der Waals surface area contributed by atoms with Gasteiger partial charge in [0.1, 0.15) is 11.6 Å². The average Bonchev–Trinajstić information content (AvgIpc) is 3.25. The minimum atomic E-state index is -0.557. The number of carbonyl (C=O) groups excluding carboxylic acids is 1. The molecule has 0 aliphatic rings. The minimum Gasteiger partial charge on any atom is -0.322 e. The van der Waals surface area contributed by atoms with Crippen LogP contribution in [0.2, 0.25) is 5.02 Å². The molecular weight excluding hydrogens is 444 g/mol. The molecule has 1 N–H and O–H groups in total. The second kappa shape index (κ2) is 9.23. The number of thioether (sulfide) groups is 1. The molecule has 0 atom stereocenters. The second-order valence-corrected chi connectivity index (χ2v) is 7.77. The quantitative estimate of drug-likeness (QED) is 0.406. The first-order chi connectivity index (χ1) is 15.0. The topological polar surface area (TPSA) is 72.7 Å². The molecule has 0 aliphatic heterocycles. The third kappa shape index (κ3) is 5.07. The molecular formula is C21H14ClF2N5OS. The molecule has 4 aromatic rings. The summed E-state index contributed by atoms with van der Waals surface area (Å²) in [4.78, 5) is 12.4. The van der Waals surface area contributed by atoms with Crippen LogP contribution in [0.3, 0.4) is 0 Å². The van der Waals surface area contributed by atoms with Gasteiger partial charge in [-0.2, -0.15) is 4.68 Å². The fourth-order valence-electron chi connectivity index (χ4n) is 2.69. The van der Waals surface area contributed by atoms with Crippen molar-refractivity contribution >= 4 is 35.0 Å². The van der Waals surface area contributed by atoms with Crippen molar-refractivity contribution in [3.8, 4) is 5.69 Å². The molecule has 4 rings (SSSR count). The molecule has 10 heteroatoms. The van der Waals surface area contributed by atoms with Crippen LogP contribution in [-0.4, -0.2) is 26.1 Å². The van der Waals surface area contributed by atoms with Gasteiger partial charge in [-0.05, 0) is 70.6 Å². The molecule has 0 saturated carbocycles. The predicted octanol–water partition coefficient (Wildman–Crippen LogP) is 5.14. The molecule has 0 fully saturated rings. The van der Waals surface area contributed by atoms with E-state index >= 15 is 0 Å². The summed E-state index contributed by atoms with van der Waals surface area (Å²) in [7, 11) is 0. The zero-order valence-corrected chi connectivity index (χ0v) is 17.4. The van der Waals surface area contributed by atoms with Crippen LogP contribution in [0.4, 0.5) is 14.5 Å². The van der Waals surface area contributed by atoms with Gasteiger partial charge in [0.15, 0.2) is 0 Å². The van der Waals surface area contributed by atoms with Gasteiger partial charge < -0.3 is 5.32 Å². The molecule has 31 heavy (non-hydrogen) atoms. The Labute approximate surface area is 185 Å². The highest BCUT2D eigenvalue weighted by molar-refractivity contribution is 7.98. The van der Waals surface area contributed by atoms with Gasteiger partial charge in [-0.1, -0.05) is 35.5 Å². The van der Waals surface area contributed by atoms with E-state index in [1.807, 2.05) is 0 Å². The Kier molecular flexibility index (Phi) is 6.24. The van der Waals surface area contributed by atoms with Crippen LogP contribution < -0.4 is 5.32 Å². The van der Waals surface area contributed by atoms with E-state index in [1.54, 1.807) is 41.1 Å². The first-order valence-corrected chi connectivity index (χ1v) is 10.4. The Bertz CT molecular complexity index is 1220. The number of hydrogen-bond acceptors (Lipinski definition) is 5. The van der Waals surface area contributed by atoms with Crippen LogP contribution in [0.25, 0.3) is 5.69 Å². The van der Waals surface area contributed by atoms with E-state index in [0.717, 1.165) is 5.56 Å². The second-order valence-electron chi connectivity index (χ2n) is 6.42. The number of amides is 1. The van der Waals surface area contributed by atoms with Crippen molar-refractivity contribution in [2.24, 2.45) is 0 Å². The maximum atomic E-state index is 13.3. The zero-order chi connectivity index (χ0) is 21.8. The Morgan fingerprint density at radius 1 is 1.03 bits per heavy atom. The number of nitrogens with zero attached hydrogens (tertiary/aromatic N) is 4. The van der Waals surface area contributed by atoms with Crippen molar-refractivity contribution in [1.29, 1.82) is 0 Å². The number of aromatic nitrogens is 4. The SMILES string of the molecule is O=C(Nc1ccc(F)c(Cl)c1)c1ccc(-n2nnnc2SCc2ccc(F)cc2)cc1. The Balaban J connectivity index is 1.44. The number of nitrogens with one attached hydrogen (secondary N) is 1. The van der Waals surface area contributed by atoms with Gasteiger partial charge in [-0.3, -0.25) is 4.79 Å². The highest BCUT2D eigenvalue weighted by Gasteiger charge is 2.12. The third-order valence-corrected chi connectivity index (χ3v) is 5.55. The van der Waals surface area contributed by atoms with Gasteiger partial charge in [0.25, 0.3) is 5.91 Å². The number of tetrazole rings is 1. The van der Waals surface area contributed by atoms with E-state index in [1.165, 1.54) is 42.1 Å². The van der Waals surface area contributed by atoms with E-state index in [0.29, 0.717) is 27.8 Å². The summed E-state index contributed by atoms with van der Waals surface area (Å²) in [5.41, 5.74) is 2.40. The highest BCUT2D eigenvalue weighted by Crippen LogP contribution is 2.23. The summed E-state index contributed by atoms with van der Waals surface area (Å²) in [6, 6.07) is 16.9. The van der Waals surface area contributed by atoms with E-state index in [4.69, 9.17) is 11.6 Å². The standard InChI is InChI=1S/C21H14ClF2N5OS/c22-18-11-16(7-10-19(18)24)25-20(30)14-3-8-17(9-4-14)29-21(26-27-28-29)31-12-13-1-5-15(23)6-2-13/h1-11H,12H2,(H,25,30). The van der Waals surface area contributed by atoms with Crippen molar-refractivity contribution in [3.05, 3.63) is 94.5 Å². The highest BCUT2D eigenvalue weighted by atomic mass is 35.5. The van der Waals surface area contributed by atoms with Gasteiger partial charge in [0.2, 0.25) is 5.16 Å². The van der Waals surface area contributed by atoms with Gasteiger partial charge in [0.05, 0.1) is 10.7 Å². The molecule has 0 unspecified atom stereocenters. The van der Waals surface area contributed by atoms with Gasteiger partial charge in [0, 0.05) is 17.0 Å². The third-order valence-electron chi connectivity index (χ3n) is 4.27. The zero-order valence-electron chi connectivity index (χ0n) is 15.8. The van der Waals surface area contributed by atoms with E-state index in [2.05, 4.69) is 20.8 Å². The van der Waals surface area contributed by atoms with Crippen molar-refractivity contribution in [3.63, 3.8) is 0 Å². The maximum Gasteiger partial charge on any atom is 0.255 e. The number of anilines is 1. The molecule has 0 spiro atoms. The molecule has 0 bridgehead atoms. The molecule has 0 radical (unpaired) electrons. The molecule has 1 heterocycles. The molecule has 3 aromatic carbocycles. The lowest BCUT2D eigenvalue weighted by Crippen LogP contribution is -2.12. The first kappa shape index (κ1) is 21.0. The maximum absolute atomic E-state index is 13.3. The number of halogens is 3. The van der Waals surface area contributed by atoms with Crippen molar-refractivity contribution in [2.75, 3.05) is 5.32 Å². The summed E-state index contributed by atoms with van der Waals surface area (Å²) in [5, 5.41) is 14.9. The van der Waals surface area contributed by atoms with Crippen LogP contribution in [0.15, 0.2) is 71.9 Å². The fraction of sp³-hybridized carbons (Fsp3) is 0.0476. The molecule has 1 aromatic heterocycles. The minimum absolute atomic E-state index is 0.0718. The summed E-state index contributed by atoms with van der Waals surface area (Å²) in [6.45, 7) is 0. The lowest BCUT2D eigenvalue weighted by atomic mass is 10.2. The van der Waals surface area contributed by atoms with E-state index < -0.39 is 5.82 Å². The average molecular weight is 458 g/mol. The summed E-state index contributed by atoms with van der Waals surface area (Å²) >= 11 is 7.15. The lowest BCUT2D eigenvalue weighted by molar-refractivity contribution is 0.102. The predicted molar refractivity (Wildman–Crippen MR) is 114 cm³/mol. The summed E-state index contributed by atoms with van der Waals surface area (Å²) < 4.78 is 27.8. The van der Waals surface area contributed by atoms with Gasteiger partial charge >= 0.3 is 0 Å². The van der Waals surface area contributed by atoms with Crippen LogP contribution in [0.1, 0.15) is 15.9 Å². The molecule has 156 valence electrons. The first-order valence-electron chi connectivity index (χ1n) is 9.02. The fourth-order valence-corrected chi connectivity index (χ4v) is 3.72. The Hall–Kier alpha value is -3.30. The van der Waals surface area contributed by atoms with E-state index in [-0.39, 0.29) is 16.7 Å². The Morgan fingerprint density at radius 3 is 2.48 bits per heavy atom. The number of rotatable bonds is 6. The van der Waals surface area contributed by atoms with Crippen LogP contribution in [-0.2, 0) is 5.75 Å². The molecule has 0 aliphatic carbocycles. The van der Waals surface area contributed by atoms with Crippen LogP contribution >= 0.6 is 23.4 Å².